The Morgan fingerprint density at radius 2 is 2.26 bits per heavy atom. The van der Waals surface area contributed by atoms with E-state index in [0.29, 0.717) is 23.0 Å². The Hall–Kier alpha value is -2.37. The van der Waals surface area contributed by atoms with Gasteiger partial charge in [0.15, 0.2) is 12.4 Å². The highest BCUT2D eigenvalue weighted by Gasteiger charge is 2.12. The van der Waals surface area contributed by atoms with E-state index >= 15 is 0 Å². The number of carboxylic acid groups (broad SMARTS) is 1. The Balaban J connectivity index is 2.19. The highest BCUT2D eigenvalue weighted by Crippen LogP contribution is 2.23. The van der Waals surface area contributed by atoms with Crippen molar-refractivity contribution in [3.8, 4) is 17.2 Å². The monoisotopic (exact) mass is 262 g/mol. The van der Waals surface area contributed by atoms with Crippen LogP contribution in [0.3, 0.4) is 0 Å². The smallest absolute Gasteiger partial charge is 0.341 e. The first-order valence-corrected chi connectivity index (χ1v) is 5.85. The van der Waals surface area contributed by atoms with Crippen molar-refractivity contribution in [2.75, 3.05) is 6.61 Å². The van der Waals surface area contributed by atoms with Crippen molar-refractivity contribution in [3.05, 3.63) is 30.1 Å². The summed E-state index contributed by atoms with van der Waals surface area (Å²) < 4.78 is 10.3. The standard InChI is InChI=1S/C13H14N2O4/c1-8(2)12-14-13(19-15-12)9-4-3-5-10(6-9)18-7-11(16)17/h3-6,8H,7H2,1-2H3,(H,16,17). The van der Waals surface area contributed by atoms with Crippen LogP contribution in [0.2, 0.25) is 0 Å². The molecule has 6 nitrogen and oxygen atoms in total. The Labute approximate surface area is 110 Å². The van der Waals surface area contributed by atoms with Gasteiger partial charge in [-0.25, -0.2) is 4.79 Å². The molecule has 0 saturated carbocycles. The molecule has 0 aliphatic carbocycles. The van der Waals surface area contributed by atoms with Crippen molar-refractivity contribution in [3.63, 3.8) is 0 Å². The van der Waals surface area contributed by atoms with E-state index in [1.54, 1.807) is 24.3 Å². The highest BCUT2D eigenvalue weighted by atomic mass is 16.5. The molecule has 0 bridgehead atoms. The van der Waals surface area contributed by atoms with E-state index in [-0.39, 0.29) is 12.5 Å². The summed E-state index contributed by atoms with van der Waals surface area (Å²) in [7, 11) is 0. The molecule has 1 heterocycles. The molecule has 1 N–H and O–H groups in total. The van der Waals surface area contributed by atoms with E-state index in [4.69, 9.17) is 14.4 Å². The Kier molecular flexibility index (Phi) is 3.79. The van der Waals surface area contributed by atoms with Gasteiger partial charge in [0.25, 0.3) is 5.89 Å². The second kappa shape index (κ2) is 5.51. The number of carboxylic acids is 1. The number of ether oxygens (including phenoxy) is 1. The van der Waals surface area contributed by atoms with Gasteiger partial charge in [-0.2, -0.15) is 4.98 Å². The van der Waals surface area contributed by atoms with Gasteiger partial charge in [-0.15, -0.1) is 0 Å². The number of hydrogen-bond donors (Lipinski definition) is 1. The van der Waals surface area contributed by atoms with Gasteiger partial charge in [0.2, 0.25) is 0 Å². The van der Waals surface area contributed by atoms with Gasteiger partial charge >= 0.3 is 5.97 Å². The number of benzene rings is 1. The van der Waals surface area contributed by atoms with Crippen molar-refractivity contribution in [2.24, 2.45) is 0 Å². The van der Waals surface area contributed by atoms with Gasteiger partial charge < -0.3 is 14.4 Å². The molecule has 0 radical (unpaired) electrons. The molecule has 1 aromatic heterocycles. The van der Waals surface area contributed by atoms with Crippen LogP contribution in [0.25, 0.3) is 11.5 Å². The summed E-state index contributed by atoms with van der Waals surface area (Å²) >= 11 is 0. The van der Waals surface area contributed by atoms with Crippen LogP contribution in [0, 0.1) is 0 Å². The Bertz CT molecular complexity index is 578. The van der Waals surface area contributed by atoms with Crippen molar-refractivity contribution in [1.29, 1.82) is 0 Å². The van der Waals surface area contributed by atoms with Crippen LogP contribution in [-0.4, -0.2) is 27.8 Å². The Morgan fingerprint density at radius 3 is 2.89 bits per heavy atom. The molecule has 6 heteroatoms. The molecule has 0 atom stereocenters. The van der Waals surface area contributed by atoms with E-state index in [9.17, 15) is 4.79 Å². The first-order chi connectivity index (χ1) is 9.06. The molecule has 0 spiro atoms. The van der Waals surface area contributed by atoms with E-state index in [0.717, 1.165) is 0 Å². The average Bonchev–Trinajstić information content (AvgIpc) is 2.86. The lowest BCUT2D eigenvalue weighted by Gasteiger charge is -2.03. The quantitative estimate of drug-likeness (QED) is 0.890. The molecule has 0 amide bonds. The van der Waals surface area contributed by atoms with Gasteiger partial charge in [-0.05, 0) is 18.2 Å². The third-order valence-electron chi connectivity index (χ3n) is 2.40. The van der Waals surface area contributed by atoms with Crippen molar-refractivity contribution < 1.29 is 19.2 Å². The second-order valence-corrected chi connectivity index (χ2v) is 4.32. The van der Waals surface area contributed by atoms with Gasteiger partial charge in [-0.3, -0.25) is 0 Å². The third kappa shape index (κ3) is 3.31. The zero-order valence-corrected chi connectivity index (χ0v) is 10.7. The number of rotatable bonds is 5. The van der Waals surface area contributed by atoms with Crippen molar-refractivity contribution in [2.45, 2.75) is 19.8 Å². The lowest BCUT2D eigenvalue weighted by molar-refractivity contribution is -0.139. The third-order valence-corrected chi connectivity index (χ3v) is 2.40. The van der Waals surface area contributed by atoms with Gasteiger partial charge in [0.1, 0.15) is 5.75 Å². The predicted octanol–water partition coefficient (Wildman–Crippen LogP) is 2.32. The van der Waals surface area contributed by atoms with E-state index in [2.05, 4.69) is 10.1 Å². The molecule has 2 aromatic rings. The van der Waals surface area contributed by atoms with Crippen LogP contribution in [0.1, 0.15) is 25.6 Å². The Morgan fingerprint density at radius 1 is 1.47 bits per heavy atom. The zero-order valence-electron chi connectivity index (χ0n) is 10.7. The SMILES string of the molecule is CC(C)c1noc(-c2cccc(OCC(=O)O)c2)n1. The van der Waals surface area contributed by atoms with Gasteiger partial charge in [-0.1, -0.05) is 25.1 Å². The molecule has 0 fully saturated rings. The number of hydrogen-bond acceptors (Lipinski definition) is 5. The van der Waals surface area contributed by atoms with Crippen molar-refractivity contribution >= 4 is 5.97 Å². The molecule has 19 heavy (non-hydrogen) atoms. The minimum Gasteiger partial charge on any atom is -0.482 e. The van der Waals surface area contributed by atoms with Crippen molar-refractivity contribution in [1.82, 2.24) is 10.1 Å². The fourth-order valence-electron chi connectivity index (χ4n) is 1.45. The van der Waals surface area contributed by atoms with Crippen LogP contribution in [0.5, 0.6) is 5.75 Å². The van der Waals surface area contributed by atoms with Crippen LogP contribution >= 0.6 is 0 Å². The molecule has 0 aliphatic rings. The van der Waals surface area contributed by atoms with Crippen LogP contribution in [0.4, 0.5) is 0 Å². The first kappa shape index (κ1) is 13.1. The number of nitrogens with zero attached hydrogens (tertiary/aromatic N) is 2. The summed E-state index contributed by atoms with van der Waals surface area (Å²) in [5.41, 5.74) is 0.697. The minimum atomic E-state index is -1.02. The largest absolute Gasteiger partial charge is 0.482 e. The predicted molar refractivity (Wildman–Crippen MR) is 67.0 cm³/mol. The summed E-state index contributed by atoms with van der Waals surface area (Å²) in [5.74, 6) is 0.634. The molecule has 2 rings (SSSR count). The summed E-state index contributed by atoms with van der Waals surface area (Å²) in [4.78, 5) is 14.7. The maximum absolute atomic E-state index is 10.4. The number of aliphatic carboxylic acids is 1. The summed E-state index contributed by atoms with van der Waals surface area (Å²) in [5, 5.41) is 12.4. The topological polar surface area (TPSA) is 85.5 Å². The molecular formula is C13H14N2O4. The zero-order chi connectivity index (χ0) is 13.8. The lowest BCUT2D eigenvalue weighted by atomic mass is 10.2. The maximum Gasteiger partial charge on any atom is 0.341 e. The normalized spacial score (nSPS) is 10.7. The molecule has 100 valence electrons. The fourth-order valence-corrected chi connectivity index (χ4v) is 1.45. The molecule has 0 unspecified atom stereocenters. The van der Waals surface area contributed by atoms with Crippen LogP contribution < -0.4 is 4.74 Å². The maximum atomic E-state index is 10.4. The van der Waals surface area contributed by atoms with Gasteiger partial charge in [0, 0.05) is 11.5 Å². The molecule has 0 aliphatic heterocycles. The highest BCUT2D eigenvalue weighted by molar-refractivity contribution is 5.68. The van der Waals surface area contributed by atoms with Crippen LogP contribution in [0.15, 0.2) is 28.8 Å². The van der Waals surface area contributed by atoms with E-state index in [1.165, 1.54) is 0 Å². The first-order valence-electron chi connectivity index (χ1n) is 5.85. The van der Waals surface area contributed by atoms with E-state index < -0.39 is 5.97 Å². The molecule has 0 saturated heterocycles. The van der Waals surface area contributed by atoms with E-state index in [1.807, 2.05) is 13.8 Å². The van der Waals surface area contributed by atoms with Gasteiger partial charge in [0.05, 0.1) is 0 Å². The minimum absolute atomic E-state index is 0.184. The average molecular weight is 262 g/mol. The lowest BCUT2D eigenvalue weighted by Crippen LogP contribution is -2.09. The summed E-state index contributed by atoms with van der Waals surface area (Å²) in [6.07, 6.45) is 0. The number of carbonyl (C=O) groups is 1. The van der Waals surface area contributed by atoms with Crippen LogP contribution in [-0.2, 0) is 4.79 Å². The summed E-state index contributed by atoms with van der Waals surface area (Å²) in [6, 6.07) is 6.88. The fraction of sp³-hybridized carbons (Fsp3) is 0.308. The summed E-state index contributed by atoms with van der Waals surface area (Å²) in [6.45, 7) is 3.56. The molecule has 1 aromatic carbocycles. The molecular weight excluding hydrogens is 248 g/mol. The number of aromatic nitrogens is 2. The second-order valence-electron chi connectivity index (χ2n) is 4.32.